The van der Waals surface area contributed by atoms with Gasteiger partial charge < -0.3 is 0 Å². The van der Waals surface area contributed by atoms with E-state index >= 15 is 0 Å². The molecule has 3 heteroatoms. The van der Waals surface area contributed by atoms with Crippen molar-refractivity contribution in [2.45, 2.75) is 0 Å². The van der Waals surface area contributed by atoms with E-state index in [-0.39, 0.29) is 20.9 Å². The Labute approximate surface area is 119 Å². The minimum absolute atomic E-state index is 0.0802. The molecule has 0 amide bonds. The van der Waals surface area contributed by atoms with Crippen LogP contribution >= 0.6 is 0 Å². The summed E-state index contributed by atoms with van der Waals surface area (Å²) in [6, 6.07) is 20.1. The van der Waals surface area contributed by atoms with Crippen LogP contribution in [0.5, 0.6) is 0 Å². The molecule has 0 fully saturated rings. The molecule has 0 N–H and O–H groups in total. The minimum atomic E-state index is -0.309. The van der Waals surface area contributed by atoms with Gasteiger partial charge in [0.15, 0.2) is 0 Å². The zero-order chi connectivity index (χ0) is 13.5. The van der Waals surface area contributed by atoms with Gasteiger partial charge in [-0.3, -0.25) is 0 Å². The summed E-state index contributed by atoms with van der Waals surface area (Å²) in [5.74, 6) is -0.309. The molecule has 0 unspecified atom stereocenters. The van der Waals surface area contributed by atoms with Gasteiger partial charge in [-0.25, -0.2) is 0 Å². The third-order valence-electron chi connectivity index (χ3n) is 2.48. The third kappa shape index (κ3) is 4.09. The van der Waals surface area contributed by atoms with E-state index in [0.29, 0.717) is 0 Å². The van der Waals surface area contributed by atoms with Crippen LogP contribution in [0, 0.1) is 0 Å². The van der Waals surface area contributed by atoms with Crippen molar-refractivity contribution >= 4 is 29.9 Å². The van der Waals surface area contributed by atoms with Crippen molar-refractivity contribution in [2.24, 2.45) is 0 Å². The van der Waals surface area contributed by atoms with Crippen LogP contribution < -0.4 is 4.46 Å². The van der Waals surface area contributed by atoms with Crippen molar-refractivity contribution in [3.63, 3.8) is 0 Å². The first kappa shape index (κ1) is 13.6. The Morgan fingerprint density at radius 3 is 2.16 bits per heavy atom. The van der Waals surface area contributed by atoms with Gasteiger partial charge in [-0.1, -0.05) is 0 Å². The van der Waals surface area contributed by atoms with Gasteiger partial charge in [-0.2, -0.15) is 0 Å². The van der Waals surface area contributed by atoms with Gasteiger partial charge in [0, 0.05) is 0 Å². The van der Waals surface area contributed by atoms with Gasteiger partial charge in [-0.05, 0) is 0 Å². The molecule has 0 aliphatic carbocycles. The van der Waals surface area contributed by atoms with Gasteiger partial charge in [0.1, 0.15) is 0 Å². The molecule has 0 radical (unpaired) electrons. The molecule has 0 bridgehead atoms. The standard InChI is InChI=1S/C16H14O2Se/c1-18-16(17)12-15(13-8-4-2-5-9-13)19-14-10-6-3-7-11-14/h2-12H,1H3/b15-12+. The molecule has 19 heavy (non-hydrogen) atoms. The van der Waals surface area contributed by atoms with Gasteiger partial charge in [0.05, 0.1) is 0 Å². The zero-order valence-corrected chi connectivity index (χ0v) is 12.3. The first-order valence-corrected chi connectivity index (χ1v) is 7.59. The van der Waals surface area contributed by atoms with E-state index in [2.05, 4.69) is 12.1 Å². The van der Waals surface area contributed by atoms with Crippen LogP contribution in [0.2, 0.25) is 0 Å². The average Bonchev–Trinajstić information content (AvgIpc) is 2.48. The van der Waals surface area contributed by atoms with Gasteiger partial charge in [0.25, 0.3) is 0 Å². The van der Waals surface area contributed by atoms with Crippen molar-refractivity contribution in [1.82, 2.24) is 0 Å². The summed E-state index contributed by atoms with van der Waals surface area (Å²) < 4.78 is 6.98. The Morgan fingerprint density at radius 1 is 1.00 bits per heavy atom. The fourth-order valence-electron chi connectivity index (χ4n) is 1.56. The van der Waals surface area contributed by atoms with Crippen molar-refractivity contribution < 1.29 is 9.53 Å². The van der Waals surface area contributed by atoms with Crippen LogP contribution in [-0.2, 0) is 9.53 Å². The second kappa shape index (κ2) is 6.93. The van der Waals surface area contributed by atoms with Crippen molar-refractivity contribution in [3.05, 3.63) is 72.3 Å². The van der Waals surface area contributed by atoms with Crippen LogP contribution in [-0.4, -0.2) is 28.0 Å². The number of benzene rings is 2. The molecule has 0 heterocycles. The Hall–Kier alpha value is -1.83. The fourth-order valence-corrected chi connectivity index (χ4v) is 3.56. The molecule has 0 aromatic heterocycles. The Morgan fingerprint density at radius 2 is 1.58 bits per heavy atom. The first-order valence-electron chi connectivity index (χ1n) is 5.87. The molecule has 0 aliphatic rings. The van der Waals surface area contributed by atoms with Crippen molar-refractivity contribution in [1.29, 1.82) is 0 Å². The van der Waals surface area contributed by atoms with Crippen LogP contribution in [0.15, 0.2) is 66.7 Å². The summed E-state index contributed by atoms with van der Waals surface area (Å²) in [4.78, 5) is 11.5. The van der Waals surface area contributed by atoms with Gasteiger partial charge >= 0.3 is 119 Å². The van der Waals surface area contributed by atoms with E-state index in [1.54, 1.807) is 6.08 Å². The predicted octanol–water partition coefficient (Wildman–Crippen LogP) is 2.23. The molecule has 2 aromatic carbocycles. The average molecular weight is 317 g/mol. The topological polar surface area (TPSA) is 26.3 Å². The third-order valence-corrected chi connectivity index (χ3v) is 4.75. The fraction of sp³-hybridized carbons (Fsp3) is 0.0625. The maximum absolute atomic E-state index is 11.5. The normalized spacial score (nSPS) is 11.1. The molecule has 0 spiro atoms. The zero-order valence-electron chi connectivity index (χ0n) is 10.6. The molecule has 0 saturated carbocycles. The molecule has 96 valence electrons. The molecule has 2 aromatic rings. The number of rotatable bonds is 4. The number of carbonyl (C=O) groups excluding carboxylic acids is 1. The Kier molecular flexibility index (Phi) is 4.96. The first-order chi connectivity index (χ1) is 9.29. The van der Waals surface area contributed by atoms with Crippen LogP contribution in [0.25, 0.3) is 4.47 Å². The van der Waals surface area contributed by atoms with E-state index in [9.17, 15) is 4.79 Å². The predicted molar refractivity (Wildman–Crippen MR) is 78.3 cm³/mol. The maximum atomic E-state index is 11.5. The van der Waals surface area contributed by atoms with Gasteiger partial charge in [-0.15, -0.1) is 0 Å². The number of carbonyl (C=O) groups is 1. The van der Waals surface area contributed by atoms with E-state index in [1.165, 1.54) is 11.6 Å². The number of hydrogen-bond donors (Lipinski definition) is 0. The quantitative estimate of drug-likeness (QED) is 0.491. The molecular weight excluding hydrogens is 303 g/mol. The number of ether oxygens (including phenoxy) is 1. The molecular formula is C16H14O2Se. The monoisotopic (exact) mass is 318 g/mol. The van der Waals surface area contributed by atoms with Crippen LogP contribution in [0.3, 0.4) is 0 Å². The van der Waals surface area contributed by atoms with E-state index in [1.807, 2.05) is 48.5 Å². The molecule has 0 aliphatic heterocycles. The number of hydrogen-bond acceptors (Lipinski definition) is 2. The van der Waals surface area contributed by atoms with Crippen molar-refractivity contribution in [3.8, 4) is 0 Å². The summed E-state index contributed by atoms with van der Waals surface area (Å²) in [6.07, 6.45) is 1.59. The summed E-state index contributed by atoms with van der Waals surface area (Å²) >= 11 is 0.0802. The Bertz CT molecular complexity index is 562. The van der Waals surface area contributed by atoms with E-state index in [4.69, 9.17) is 4.74 Å². The van der Waals surface area contributed by atoms with E-state index < -0.39 is 0 Å². The molecule has 0 atom stereocenters. The summed E-state index contributed by atoms with van der Waals surface area (Å²) in [5, 5.41) is 0. The summed E-state index contributed by atoms with van der Waals surface area (Å²) in [6.45, 7) is 0. The second-order valence-electron chi connectivity index (χ2n) is 3.81. The molecule has 0 saturated heterocycles. The summed E-state index contributed by atoms with van der Waals surface area (Å²) in [5.41, 5.74) is 1.07. The van der Waals surface area contributed by atoms with Crippen LogP contribution in [0.1, 0.15) is 5.56 Å². The summed E-state index contributed by atoms with van der Waals surface area (Å²) in [7, 11) is 1.40. The van der Waals surface area contributed by atoms with E-state index in [0.717, 1.165) is 10.0 Å². The molecule has 2 nitrogen and oxygen atoms in total. The number of methoxy groups -OCH3 is 1. The number of esters is 1. The van der Waals surface area contributed by atoms with Gasteiger partial charge in [0.2, 0.25) is 0 Å². The SMILES string of the molecule is COC(=O)/C=C(/[Se]c1ccccc1)c1ccccc1. The molecule has 2 rings (SSSR count). The van der Waals surface area contributed by atoms with Crippen LogP contribution in [0.4, 0.5) is 0 Å². The second-order valence-corrected chi connectivity index (χ2v) is 6.15. The Balaban J connectivity index is 2.30. The van der Waals surface area contributed by atoms with Crippen molar-refractivity contribution in [2.75, 3.05) is 7.11 Å².